The van der Waals surface area contributed by atoms with Gasteiger partial charge in [-0.1, -0.05) is 25.4 Å². The number of ether oxygens (including phenoxy) is 1. The summed E-state index contributed by atoms with van der Waals surface area (Å²) in [7, 11) is 0. The van der Waals surface area contributed by atoms with Crippen LogP contribution in [0.1, 0.15) is 30.9 Å². The van der Waals surface area contributed by atoms with Gasteiger partial charge in [0.15, 0.2) is 0 Å². The van der Waals surface area contributed by atoms with Gasteiger partial charge in [0.2, 0.25) is 0 Å². The second-order valence-electron chi connectivity index (χ2n) is 4.96. The smallest absolute Gasteiger partial charge is 0.146 e. The summed E-state index contributed by atoms with van der Waals surface area (Å²) < 4.78 is 11.3. The van der Waals surface area contributed by atoms with E-state index in [-0.39, 0.29) is 0 Å². The number of hydrogen-bond donors (Lipinski definition) is 1. The highest BCUT2D eigenvalue weighted by Crippen LogP contribution is 2.19. The maximum Gasteiger partial charge on any atom is 0.146 e. The fourth-order valence-corrected chi connectivity index (χ4v) is 1.94. The van der Waals surface area contributed by atoms with E-state index >= 15 is 0 Å². The fraction of sp³-hybridized carbons (Fsp3) is 0.400. The molecule has 0 unspecified atom stereocenters. The van der Waals surface area contributed by atoms with Gasteiger partial charge in [-0.05, 0) is 13.0 Å². The Balaban J connectivity index is 1.95. The van der Waals surface area contributed by atoms with E-state index in [9.17, 15) is 0 Å². The Morgan fingerprint density at radius 1 is 1.35 bits per heavy atom. The Bertz CT molecular complexity index is 567. The van der Waals surface area contributed by atoms with E-state index in [4.69, 9.17) is 20.8 Å². The van der Waals surface area contributed by atoms with Gasteiger partial charge in [0.25, 0.3) is 0 Å². The van der Waals surface area contributed by atoms with E-state index in [1.54, 1.807) is 18.5 Å². The molecule has 0 amide bonds. The van der Waals surface area contributed by atoms with Crippen molar-refractivity contribution in [3.63, 3.8) is 0 Å². The standard InChI is InChI=1S/C15H19ClN2O2/c1-10(2)18-6-12-4-15(20-11(12)3)9-19-14-5-13(16)7-17-8-14/h4-5,7-8,10,18H,6,9H2,1-3H3. The molecule has 0 radical (unpaired) electrons. The number of pyridine rings is 1. The molecule has 0 spiro atoms. The number of hydrogen-bond acceptors (Lipinski definition) is 4. The van der Waals surface area contributed by atoms with E-state index < -0.39 is 0 Å². The summed E-state index contributed by atoms with van der Waals surface area (Å²) >= 11 is 5.85. The van der Waals surface area contributed by atoms with Crippen molar-refractivity contribution in [1.29, 1.82) is 0 Å². The van der Waals surface area contributed by atoms with Gasteiger partial charge >= 0.3 is 0 Å². The third kappa shape index (κ3) is 4.25. The predicted molar refractivity (Wildman–Crippen MR) is 79.0 cm³/mol. The number of aryl methyl sites for hydroxylation is 1. The van der Waals surface area contributed by atoms with Crippen molar-refractivity contribution in [2.75, 3.05) is 0 Å². The maximum absolute atomic E-state index is 5.85. The van der Waals surface area contributed by atoms with Crippen LogP contribution in [0.5, 0.6) is 5.75 Å². The number of nitrogens with zero attached hydrogens (tertiary/aromatic N) is 1. The fourth-order valence-electron chi connectivity index (χ4n) is 1.77. The first-order chi connectivity index (χ1) is 9.54. The minimum absolute atomic E-state index is 0.366. The van der Waals surface area contributed by atoms with Crippen LogP contribution < -0.4 is 10.1 Å². The van der Waals surface area contributed by atoms with Crippen molar-refractivity contribution in [1.82, 2.24) is 10.3 Å². The lowest BCUT2D eigenvalue weighted by atomic mass is 10.2. The molecular formula is C15H19ClN2O2. The molecule has 108 valence electrons. The lowest BCUT2D eigenvalue weighted by molar-refractivity contribution is 0.266. The summed E-state index contributed by atoms with van der Waals surface area (Å²) in [6.45, 7) is 7.36. The molecule has 0 saturated carbocycles. The van der Waals surface area contributed by atoms with Crippen LogP contribution >= 0.6 is 11.6 Å². The van der Waals surface area contributed by atoms with Gasteiger partial charge < -0.3 is 14.5 Å². The van der Waals surface area contributed by atoms with Crippen LogP contribution in [0.25, 0.3) is 0 Å². The van der Waals surface area contributed by atoms with Crippen molar-refractivity contribution in [2.24, 2.45) is 0 Å². The number of furan rings is 1. The molecular weight excluding hydrogens is 276 g/mol. The van der Waals surface area contributed by atoms with Crippen LogP contribution in [0.15, 0.2) is 28.9 Å². The second-order valence-corrected chi connectivity index (χ2v) is 5.39. The van der Waals surface area contributed by atoms with Crippen LogP contribution in [0.2, 0.25) is 5.02 Å². The second kappa shape index (κ2) is 6.77. The van der Waals surface area contributed by atoms with Crippen molar-refractivity contribution in [3.05, 3.63) is 46.6 Å². The molecule has 2 aromatic heterocycles. The van der Waals surface area contributed by atoms with Crippen molar-refractivity contribution in [2.45, 2.75) is 40.0 Å². The van der Waals surface area contributed by atoms with Gasteiger partial charge in [0.05, 0.1) is 11.2 Å². The molecule has 2 rings (SSSR count). The molecule has 0 fully saturated rings. The first kappa shape index (κ1) is 14.9. The molecule has 0 aliphatic carbocycles. The maximum atomic E-state index is 5.85. The van der Waals surface area contributed by atoms with Gasteiger partial charge in [-0.3, -0.25) is 4.98 Å². The molecule has 0 atom stereocenters. The molecule has 2 aromatic rings. The Hall–Kier alpha value is -1.52. The largest absolute Gasteiger partial charge is 0.484 e. The Morgan fingerprint density at radius 2 is 2.15 bits per heavy atom. The zero-order chi connectivity index (χ0) is 14.5. The van der Waals surface area contributed by atoms with Gasteiger partial charge in [-0.25, -0.2) is 0 Å². The Labute approximate surface area is 124 Å². The normalized spacial score (nSPS) is 11.1. The van der Waals surface area contributed by atoms with Gasteiger partial charge in [-0.2, -0.15) is 0 Å². The Morgan fingerprint density at radius 3 is 2.85 bits per heavy atom. The van der Waals surface area contributed by atoms with E-state index in [1.165, 1.54) is 0 Å². The molecule has 5 heteroatoms. The van der Waals surface area contributed by atoms with E-state index in [2.05, 4.69) is 24.1 Å². The first-order valence-corrected chi connectivity index (χ1v) is 6.97. The van der Waals surface area contributed by atoms with E-state index in [1.807, 2.05) is 13.0 Å². The molecule has 0 aliphatic rings. The molecule has 4 nitrogen and oxygen atoms in total. The van der Waals surface area contributed by atoms with Gasteiger partial charge in [0.1, 0.15) is 23.9 Å². The number of halogens is 1. The Kier molecular flexibility index (Phi) is 5.04. The zero-order valence-corrected chi connectivity index (χ0v) is 12.7. The van der Waals surface area contributed by atoms with Crippen LogP contribution in [-0.4, -0.2) is 11.0 Å². The summed E-state index contributed by atoms with van der Waals surface area (Å²) in [5, 5.41) is 3.92. The minimum atomic E-state index is 0.366. The van der Waals surface area contributed by atoms with Crippen LogP contribution in [-0.2, 0) is 13.2 Å². The number of nitrogens with one attached hydrogen (secondary N) is 1. The van der Waals surface area contributed by atoms with Crippen molar-refractivity contribution < 1.29 is 9.15 Å². The lowest BCUT2D eigenvalue weighted by Crippen LogP contribution is -2.21. The highest BCUT2D eigenvalue weighted by Gasteiger charge is 2.08. The number of aromatic nitrogens is 1. The predicted octanol–water partition coefficient (Wildman–Crippen LogP) is 3.71. The summed E-state index contributed by atoms with van der Waals surface area (Å²) in [6, 6.07) is 4.19. The molecule has 0 aromatic carbocycles. The summed E-state index contributed by atoms with van der Waals surface area (Å²) in [6.07, 6.45) is 3.20. The van der Waals surface area contributed by atoms with E-state index in [0.29, 0.717) is 23.4 Å². The van der Waals surface area contributed by atoms with E-state index in [0.717, 1.165) is 23.6 Å². The molecule has 1 N–H and O–H groups in total. The molecule has 2 heterocycles. The van der Waals surface area contributed by atoms with Gasteiger partial charge in [-0.15, -0.1) is 0 Å². The molecule has 0 saturated heterocycles. The van der Waals surface area contributed by atoms with Crippen LogP contribution in [0.4, 0.5) is 0 Å². The molecule has 0 bridgehead atoms. The third-order valence-corrected chi connectivity index (χ3v) is 3.04. The average molecular weight is 295 g/mol. The third-order valence-electron chi connectivity index (χ3n) is 2.83. The molecule has 20 heavy (non-hydrogen) atoms. The SMILES string of the molecule is Cc1oc(COc2cncc(Cl)c2)cc1CNC(C)C. The van der Waals surface area contributed by atoms with Crippen LogP contribution in [0.3, 0.4) is 0 Å². The molecule has 0 aliphatic heterocycles. The summed E-state index contributed by atoms with van der Waals surface area (Å²) in [5.74, 6) is 2.34. The van der Waals surface area contributed by atoms with Crippen molar-refractivity contribution >= 4 is 11.6 Å². The monoisotopic (exact) mass is 294 g/mol. The number of rotatable bonds is 6. The summed E-state index contributed by atoms with van der Waals surface area (Å²) in [4.78, 5) is 3.97. The van der Waals surface area contributed by atoms with Crippen molar-refractivity contribution in [3.8, 4) is 5.75 Å². The minimum Gasteiger partial charge on any atom is -0.484 e. The zero-order valence-electron chi connectivity index (χ0n) is 11.9. The summed E-state index contributed by atoms with van der Waals surface area (Å²) in [5.41, 5.74) is 1.15. The average Bonchev–Trinajstić information content (AvgIpc) is 2.75. The quantitative estimate of drug-likeness (QED) is 0.882. The topological polar surface area (TPSA) is 47.3 Å². The highest BCUT2D eigenvalue weighted by molar-refractivity contribution is 6.30. The first-order valence-electron chi connectivity index (χ1n) is 6.59. The van der Waals surface area contributed by atoms with Gasteiger partial charge in [0, 0.05) is 30.4 Å². The highest BCUT2D eigenvalue weighted by atomic mass is 35.5. The van der Waals surface area contributed by atoms with Crippen LogP contribution in [0, 0.1) is 6.92 Å². The lowest BCUT2D eigenvalue weighted by Gasteiger charge is -2.06.